The monoisotopic (exact) mass is 308 g/mol. The van der Waals surface area contributed by atoms with Gasteiger partial charge in [0.25, 0.3) is 0 Å². The van der Waals surface area contributed by atoms with E-state index < -0.39 is 0 Å². The molecule has 0 aliphatic carbocycles. The molecule has 0 bridgehead atoms. The number of imidazole rings is 1. The SMILES string of the molecule is COc1ccc(Br)c(Cn2ccnc2C(C)C)c1. The van der Waals surface area contributed by atoms with E-state index in [2.05, 4.69) is 39.3 Å². The highest BCUT2D eigenvalue weighted by molar-refractivity contribution is 9.10. The van der Waals surface area contributed by atoms with Crippen LogP contribution in [0.3, 0.4) is 0 Å². The van der Waals surface area contributed by atoms with E-state index in [1.54, 1.807) is 7.11 Å². The molecule has 96 valence electrons. The summed E-state index contributed by atoms with van der Waals surface area (Å²) in [4.78, 5) is 4.40. The second-order valence-corrected chi connectivity index (χ2v) is 5.38. The number of nitrogens with zero attached hydrogens (tertiary/aromatic N) is 2. The van der Waals surface area contributed by atoms with Gasteiger partial charge in [-0.1, -0.05) is 29.8 Å². The van der Waals surface area contributed by atoms with Crippen LogP contribution in [-0.2, 0) is 6.54 Å². The first-order valence-electron chi connectivity index (χ1n) is 5.95. The van der Waals surface area contributed by atoms with Gasteiger partial charge >= 0.3 is 0 Å². The van der Waals surface area contributed by atoms with Gasteiger partial charge in [-0.2, -0.15) is 0 Å². The minimum absolute atomic E-state index is 0.421. The summed E-state index contributed by atoms with van der Waals surface area (Å²) >= 11 is 3.58. The Morgan fingerprint density at radius 3 is 2.83 bits per heavy atom. The molecular formula is C14H17BrN2O. The Hall–Kier alpha value is -1.29. The zero-order chi connectivity index (χ0) is 13.1. The Labute approximate surface area is 116 Å². The molecule has 0 atom stereocenters. The first kappa shape index (κ1) is 13.1. The van der Waals surface area contributed by atoms with Crippen LogP contribution in [0.1, 0.15) is 31.2 Å². The highest BCUT2D eigenvalue weighted by Gasteiger charge is 2.09. The van der Waals surface area contributed by atoms with Crippen molar-refractivity contribution in [2.45, 2.75) is 26.3 Å². The second kappa shape index (κ2) is 5.57. The molecule has 2 aromatic rings. The molecular weight excluding hydrogens is 292 g/mol. The molecule has 1 heterocycles. The molecule has 0 saturated carbocycles. The Morgan fingerprint density at radius 2 is 2.17 bits per heavy atom. The standard InChI is InChI=1S/C14H17BrN2O/c1-10(2)14-16-6-7-17(14)9-11-8-12(18-3)4-5-13(11)15/h4-8,10H,9H2,1-3H3. The minimum Gasteiger partial charge on any atom is -0.497 e. The van der Waals surface area contributed by atoms with Gasteiger partial charge in [-0.3, -0.25) is 0 Å². The van der Waals surface area contributed by atoms with Crippen LogP contribution >= 0.6 is 15.9 Å². The molecule has 1 aromatic heterocycles. The van der Waals surface area contributed by atoms with Crippen molar-refractivity contribution in [2.75, 3.05) is 7.11 Å². The maximum Gasteiger partial charge on any atom is 0.119 e. The predicted molar refractivity (Wildman–Crippen MR) is 76.1 cm³/mol. The number of halogens is 1. The fraction of sp³-hybridized carbons (Fsp3) is 0.357. The number of benzene rings is 1. The summed E-state index contributed by atoms with van der Waals surface area (Å²) in [6.07, 6.45) is 3.87. The van der Waals surface area contributed by atoms with Crippen molar-refractivity contribution in [1.29, 1.82) is 0 Å². The molecule has 0 amide bonds. The van der Waals surface area contributed by atoms with E-state index in [9.17, 15) is 0 Å². The van der Waals surface area contributed by atoms with Crippen LogP contribution in [0.2, 0.25) is 0 Å². The third-order valence-corrected chi connectivity index (χ3v) is 3.63. The maximum atomic E-state index is 5.26. The third-order valence-electron chi connectivity index (χ3n) is 2.86. The van der Waals surface area contributed by atoms with Gasteiger partial charge in [0, 0.05) is 29.3 Å². The normalized spacial score (nSPS) is 10.9. The Kier molecular flexibility index (Phi) is 4.07. The van der Waals surface area contributed by atoms with E-state index in [0.29, 0.717) is 5.92 Å². The lowest BCUT2D eigenvalue weighted by atomic mass is 10.2. The summed E-state index contributed by atoms with van der Waals surface area (Å²) in [5.74, 6) is 2.40. The smallest absolute Gasteiger partial charge is 0.119 e. The maximum absolute atomic E-state index is 5.26. The van der Waals surface area contributed by atoms with Gasteiger partial charge < -0.3 is 9.30 Å². The van der Waals surface area contributed by atoms with Crippen LogP contribution in [0.5, 0.6) is 5.75 Å². The molecule has 0 unspecified atom stereocenters. The first-order valence-corrected chi connectivity index (χ1v) is 6.74. The molecule has 0 saturated heterocycles. The van der Waals surface area contributed by atoms with Crippen LogP contribution in [0, 0.1) is 0 Å². The largest absolute Gasteiger partial charge is 0.497 e. The molecule has 2 rings (SSSR count). The van der Waals surface area contributed by atoms with Crippen LogP contribution in [0.15, 0.2) is 35.1 Å². The van der Waals surface area contributed by atoms with Crippen LogP contribution in [-0.4, -0.2) is 16.7 Å². The van der Waals surface area contributed by atoms with Crippen LogP contribution in [0.4, 0.5) is 0 Å². The van der Waals surface area contributed by atoms with E-state index in [-0.39, 0.29) is 0 Å². The number of hydrogen-bond acceptors (Lipinski definition) is 2. The van der Waals surface area contributed by atoms with Gasteiger partial charge in [-0.25, -0.2) is 4.98 Å². The highest BCUT2D eigenvalue weighted by atomic mass is 79.9. The number of ether oxygens (including phenoxy) is 1. The molecule has 3 nitrogen and oxygen atoms in total. The van der Waals surface area contributed by atoms with Gasteiger partial charge in [-0.05, 0) is 23.8 Å². The van der Waals surface area contributed by atoms with Crippen molar-refractivity contribution in [3.63, 3.8) is 0 Å². The Bertz CT molecular complexity index is 534. The van der Waals surface area contributed by atoms with Crippen molar-refractivity contribution in [2.24, 2.45) is 0 Å². The zero-order valence-electron chi connectivity index (χ0n) is 10.9. The van der Waals surface area contributed by atoms with Gasteiger partial charge in [0.2, 0.25) is 0 Å². The van der Waals surface area contributed by atoms with Crippen molar-refractivity contribution >= 4 is 15.9 Å². The zero-order valence-corrected chi connectivity index (χ0v) is 12.4. The van der Waals surface area contributed by atoms with Gasteiger partial charge in [0.1, 0.15) is 11.6 Å². The highest BCUT2D eigenvalue weighted by Crippen LogP contribution is 2.24. The molecule has 0 radical (unpaired) electrons. The molecule has 0 fully saturated rings. The van der Waals surface area contributed by atoms with Crippen LogP contribution < -0.4 is 4.74 Å². The quantitative estimate of drug-likeness (QED) is 0.858. The topological polar surface area (TPSA) is 27.1 Å². The number of methoxy groups -OCH3 is 1. The predicted octanol–water partition coefficient (Wildman–Crippen LogP) is 3.83. The molecule has 0 aliphatic rings. The second-order valence-electron chi connectivity index (χ2n) is 4.53. The van der Waals surface area contributed by atoms with Crippen molar-refractivity contribution in [3.8, 4) is 5.75 Å². The molecule has 0 aliphatic heterocycles. The minimum atomic E-state index is 0.421. The lowest BCUT2D eigenvalue weighted by Gasteiger charge is -2.12. The van der Waals surface area contributed by atoms with Crippen molar-refractivity contribution in [3.05, 3.63) is 46.5 Å². The summed E-state index contributed by atoms with van der Waals surface area (Å²) < 4.78 is 8.52. The lowest BCUT2D eigenvalue weighted by Crippen LogP contribution is -2.06. The fourth-order valence-corrected chi connectivity index (χ4v) is 2.31. The van der Waals surface area contributed by atoms with E-state index in [1.807, 2.05) is 30.6 Å². The van der Waals surface area contributed by atoms with E-state index >= 15 is 0 Å². The Morgan fingerprint density at radius 1 is 1.39 bits per heavy atom. The summed E-state index contributed by atoms with van der Waals surface area (Å²) in [7, 11) is 1.68. The van der Waals surface area contributed by atoms with Gasteiger partial charge in [-0.15, -0.1) is 0 Å². The average Bonchev–Trinajstić information content (AvgIpc) is 2.80. The Balaban J connectivity index is 2.30. The third kappa shape index (κ3) is 2.75. The summed E-state index contributed by atoms with van der Waals surface area (Å²) in [6.45, 7) is 5.10. The molecule has 0 spiro atoms. The first-order chi connectivity index (χ1) is 8.61. The number of hydrogen-bond donors (Lipinski definition) is 0. The average molecular weight is 309 g/mol. The molecule has 4 heteroatoms. The van der Waals surface area contributed by atoms with Gasteiger partial charge in [0.15, 0.2) is 0 Å². The lowest BCUT2D eigenvalue weighted by molar-refractivity contribution is 0.414. The van der Waals surface area contributed by atoms with E-state index in [1.165, 1.54) is 5.56 Å². The van der Waals surface area contributed by atoms with Crippen molar-refractivity contribution < 1.29 is 4.74 Å². The van der Waals surface area contributed by atoms with Gasteiger partial charge in [0.05, 0.1) is 7.11 Å². The summed E-state index contributed by atoms with van der Waals surface area (Å²) in [5.41, 5.74) is 1.19. The fourth-order valence-electron chi connectivity index (χ4n) is 1.94. The molecule has 18 heavy (non-hydrogen) atoms. The van der Waals surface area contributed by atoms with Crippen LogP contribution in [0.25, 0.3) is 0 Å². The number of aromatic nitrogens is 2. The molecule has 1 aromatic carbocycles. The summed E-state index contributed by atoms with van der Waals surface area (Å²) in [5, 5.41) is 0. The number of rotatable bonds is 4. The molecule has 0 N–H and O–H groups in total. The summed E-state index contributed by atoms with van der Waals surface area (Å²) in [6, 6.07) is 6.01. The van der Waals surface area contributed by atoms with E-state index in [0.717, 1.165) is 22.6 Å². The van der Waals surface area contributed by atoms with E-state index in [4.69, 9.17) is 4.74 Å². The van der Waals surface area contributed by atoms with Crippen molar-refractivity contribution in [1.82, 2.24) is 9.55 Å².